The van der Waals surface area contributed by atoms with Gasteiger partial charge in [0.05, 0.1) is 6.20 Å². The summed E-state index contributed by atoms with van der Waals surface area (Å²) in [6.45, 7) is 5.92. The van der Waals surface area contributed by atoms with Crippen LogP contribution in [0.5, 0.6) is 0 Å². The van der Waals surface area contributed by atoms with Crippen molar-refractivity contribution in [2.45, 2.75) is 32.9 Å². The molecular weight excluding hydrogens is 240 g/mol. The van der Waals surface area contributed by atoms with E-state index in [-0.39, 0.29) is 23.3 Å². The zero-order chi connectivity index (χ0) is 12.7. The Bertz CT molecular complexity index is 463. The van der Waals surface area contributed by atoms with Crippen molar-refractivity contribution < 1.29 is 4.79 Å². The minimum absolute atomic E-state index is 0.0390. The summed E-state index contributed by atoms with van der Waals surface area (Å²) in [5, 5.41) is 0.198. The van der Waals surface area contributed by atoms with E-state index in [2.05, 4.69) is 9.97 Å². The molecule has 92 valence electrons. The van der Waals surface area contributed by atoms with Crippen molar-refractivity contribution >= 4 is 29.0 Å². The molecule has 17 heavy (non-hydrogen) atoms. The van der Waals surface area contributed by atoms with E-state index in [1.807, 2.05) is 25.7 Å². The molecule has 1 amide bonds. The topological polar surface area (TPSA) is 49.3 Å². The number of anilines is 2. The Labute approximate surface area is 105 Å². The SMILES string of the molecule is CC(C)N1c2nc(Cl)ncc2N(C)C(=O)[C@@H]1C. The normalized spacial score (nSPS) is 19.9. The Kier molecular flexibility index (Phi) is 2.95. The minimum Gasteiger partial charge on any atom is -0.341 e. The molecule has 1 aliphatic heterocycles. The predicted octanol–water partition coefficient (Wildman–Crippen LogP) is 1.71. The first-order chi connectivity index (χ1) is 7.93. The van der Waals surface area contributed by atoms with Gasteiger partial charge in [0.15, 0.2) is 5.82 Å². The lowest BCUT2D eigenvalue weighted by Gasteiger charge is -2.41. The summed E-state index contributed by atoms with van der Waals surface area (Å²) in [7, 11) is 1.73. The number of carbonyl (C=O) groups excluding carboxylic acids is 1. The van der Waals surface area contributed by atoms with Crippen LogP contribution >= 0.6 is 11.6 Å². The van der Waals surface area contributed by atoms with Gasteiger partial charge in [0.2, 0.25) is 11.2 Å². The van der Waals surface area contributed by atoms with Crippen LogP contribution in [0.1, 0.15) is 20.8 Å². The number of hydrogen-bond acceptors (Lipinski definition) is 4. The van der Waals surface area contributed by atoms with Gasteiger partial charge in [-0.25, -0.2) is 4.98 Å². The van der Waals surface area contributed by atoms with E-state index in [0.717, 1.165) is 5.82 Å². The van der Waals surface area contributed by atoms with E-state index in [4.69, 9.17) is 11.6 Å². The number of likely N-dealkylation sites (N-methyl/N-ethyl adjacent to an activating group) is 1. The zero-order valence-electron chi connectivity index (χ0n) is 10.3. The molecule has 1 aromatic heterocycles. The Morgan fingerprint density at radius 2 is 2.12 bits per heavy atom. The maximum absolute atomic E-state index is 12.1. The number of hydrogen-bond donors (Lipinski definition) is 0. The summed E-state index contributed by atoms with van der Waals surface area (Å²) >= 11 is 5.83. The number of amides is 1. The maximum atomic E-state index is 12.1. The van der Waals surface area contributed by atoms with Gasteiger partial charge in [-0.1, -0.05) is 0 Å². The van der Waals surface area contributed by atoms with E-state index < -0.39 is 0 Å². The molecule has 0 fully saturated rings. The van der Waals surface area contributed by atoms with Crippen molar-refractivity contribution in [1.29, 1.82) is 0 Å². The van der Waals surface area contributed by atoms with Crippen molar-refractivity contribution in [2.24, 2.45) is 0 Å². The standard InChI is InChI=1S/C11H15ClN4O/c1-6(2)16-7(3)10(17)15(4)8-5-13-11(12)14-9(8)16/h5-7H,1-4H3/t7-/m0/s1. The third kappa shape index (κ3) is 1.84. The van der Waals surface area contributed by atoms with Gasteiger partial charge in [-0.3, -0.25) is 4.79 Å². The first-order valence-corrected chi connectivity index (χ1v) is 5.89. The number of halogens is 1. The Morgan fingerprint density at radius 3 is 2.71 bits per heavy atom. The molecule has 1 aliphatic rings. The van der Waals surface area contributed by atoms with Gasteiger partial charge >= 0.3 is 0 Å². The van der Waals surface area contributed by atoms with Crippen LogP contribution in [-0.4, -0.2) is 35.0 Å². The number of nitrogens with zero attached hydrogens (tertiary/aromatic N) is 4. The molecule has 0 bridgehead atoms. The monoisotopic (exact) mass is 254 g/mol. The molecule has 0 radical (unpaired) electrons. The molecule has 0 aromatic carbocycles. The average Bonchev–Trinajstić information content (AvgIpc) is 2.25. The van der Waals surface area contributed by atoms with Crippen molar-refractivity contribution in [3.63, 3.8) is 0 Å². The van der Waals surface area contributed by atoms with Gasteiger partial charge in [-0.15, -0.1) is 0 Å². The van der Waals surface area contributed by atoms with Crippen molar-refractivity contribution in [2.75, 3.05) is 16.8 Å². The molecule has 0 saturated carbocycles. The molecule has 1 aromatic rings. The number of rotatable bonds is 1. The zero-order valence-corrected chi connectivity index (χ0v) is 11.1. The van der Waals surface area contributed by atoms with Crippen LogP contribution in [0.2, 0.25) is 5.28 Å². The highest BCUT2D eigenvalue weighted by atomic mass is 35.5. The van der Waals surface area contributed by atoms with E-state index >= 15 is 0 Å². The third-order valence-electron chi connectivity index (χ3n) is 2.99. The summed E-state index contributed by atoms with van der Waals surface area (Å²) in [5.41, 5.74) is 0.700. The van der Waals surface area contributed by atoms with Gasteiger partial charge in [0.1, 0.15) is 11.7 Å². The van der Waals surface area contributed by atoms with Gasteiger partial charge in [0.25, 0.3) is 0 Å². The predicted molar refractivity (Wildman–Crippen MR) is 67.5 cm³/mol. The molecule has 2 heterocycles. The first-order valence-electron chi connectivity index (χ1n) is 5.52. The second-order valence-corrected chi connectivity index (χ2v) is 4.76. The van der Waals surface area contributed by atoms with Gasteiger partial charge in [-0.2, -0.15) is 4.98 Å². The van der Waals surface area contributed by atoms with Crippen molar-refractivity contribution in [1.82, 2.24) is 9.97 Å². The molecular formula is C11H15ClN4O. The summed E-state index contributed by atoms with van der Waals surface area (Å²) in [6, 6.07) is -0.0640. The highest BCUT2D eigenvalue weighted by Crippen LogP contribution is 2.34. The number of aromatic nitrogens is 2. The average molecular weight is 255 g/mol. The molecule has 2 rings (SSSR count). The fraction of sp³-hybridized carbons (Fsp3) is 0.545. The largest absolute Gasteiger partial charge is 0.341 e. The van der Waals surface area contributed by atoms with Crippen molar-refractivity contribution in [3.05, 3.63) is 11.5 Å². The highest BCUT2D eigenvalue weighted by molar-refractivity contribution is 6.28. The van der Waals surface area contributed by atoms with Crippen LogP contribution in [0.3, 0.4) is 0 Å². The van der Waals surface area contributed by atoms with Gasteiger partial charge in [-0.05, 0) is 32.4 Å². The minimum atomic E-state index is -0.238. The summed E-state index contributed by atoms with van der Waals surface area (Å²) < 4.78 is 0. The van der Waals surface area contributed by atoms with E-state index in [9.17, 15) is 4.79 Å². The molecule has 0 saturated heterocycles. The fourth-order valence-corrected chi connectivity index (χ4v) is 2.29. The molecule has 6 heteroatoms. The lowest BCUT2D eigenvalue weighted by Crippen LogP contribution is -2.53. The van der Waals surface area contributed by atoms with Crippen LogP contribution < -0.4 is 9.80 Å². The molecule has 0 N–H and O–H groups in total. The highest BCUT2D eigenvalue weighted by Gasteiger charge is 2.36. The lowest BCUT2D eigenvalue weighted by molar-refractivity contribution is -0.119. The Morgan fingerprint density at radius 1 is 1.47 bits per heavy atom. The first kappa shape index (κ1) is 12.1. The molecule has 0 aliphatic carbocycles. The van der Waals surface area contributed by atoms with Crippen LogP contribution in [0, 0.1) is 0 Å². The smallest absolute Gasteiger partial charge is 0.249 e. The van der Waals surface area contributed by atoms with Crippen LogP contribution in [0.25, 0.3) is 0 Å². The second kappa shape index (κ2) is 4.14. The molecule has 0 unspecified atom stereocenters. The summed E-state index contributed by atoms with van der Waals surface area (Å²) in [6.07, 6.45) is 1.59. The lowest BCUT2D eigenvalue weighted by atomic mass is 10.1. The van der Waals surface area contributed by atoms with Crippen molar-refractivity contribution in [3.8, 4) is 0 Å². The van der Waals surface area contributed by atoms with Gasteiger partial charge in [0, 0.05) is 13.1 Å². The molecule has 5 nitrogen and oxygen atoms in total. The molecule has 1 atom stereocenters. The fourth-order valence-electron chi connectivity index (χ4n) is 2.17. The Balaban J connectivity index is 2.60. The summed E-state index contributed by atoms with van der Waals surface area (Å²) in [5.74, 6) is 0.756. The van der Waals surface area contributed by atoms with Crippen LogP contribution in [0.4, 0.5) is 11.5 Å². The second-order valence-electron chi connectivity index (χ2n) is 4.42. The third-order valence-corrected chi connectivity index (χ3v) is 3.17. The Hall–Kier alpha value is -1.36. The molecule has 0 spiro atoms. The number of carbonyl (C=O) groups is 1. The van der Waals surface area contributed by atoms with E-state index in [1.165, 1.54) is 0 Å². The summed E-state index contributed by atoms with van der Waals surface area (Å²) in [4.78, 5) is 23.8. The van der Waals surface area contributed by atoms with Crippen LogP contribution in [-0.2, 0) is 4.79 Å². The van der Waals surface area contributed by atoms with E-state index in [0.29, 0.717) is 5.69 Å². The van der Waals surface area contributed by atoms with Gasteiger partial charge < -0.3 is 9.80 Å². The maximum Gasteiger partial charge on any atom is 0.249 e. The number of fused-ring (bicyclic) bond motifs is 1. The van der Waals surface area contributed by atoms with Crippen LogP contribution in [0.15, 0.2) is 6.20 Å². The quantitative estimate of drug-likeness (QED) is 0.716. The van der Waals surface area contributed by atoms with E-state index in [1.54, 1.807) is 18.1 Å².